The van der Waals surface area contributed by atoms with Crippen molar-refractivity contribution in [2.45, 2.75) is 25.5 Å². The van der Waals surface area contributed by atoms with Crippen molar-refractivity contribution in [1.82, 2.24) is 5.32 Å². The predicted molar refractivity (Wildman–Crippen MR) is 94.5 cm³/mol. The molecule has 0 radical (unpaired) electrons. The second-order valence-electron chi connectivity index (χ2n) is 5.89. The van der Waals surface area contributed by atoms with E-state index >= 15 is 0 Å². The molecule has 0 amide bonds. The van der Waals surface area contributed by atoms with Crippen LogP contribution < -0.4 is 44.7 Å². The van der Waals surface area contributed by atoms with E-state index in [0.29, 0.717) is 17.3 Å². The summed E-state index contributed by atoms with van der Waals surface area (Å²) in [5.74, 6) is -0.759. The molecule has 2 unspecified atom stereocenters. The van der Waals surface area contributed by atoms with E-state index in [-0.39, 0.29) is 35.6 Å². The molecule has 0 aliphatic carbocycles. The zero-order chi connectivity index (χ0) is 18.2. The molecule has 2 aromatic carbocycles. The number of benzene rings is 2. The third kappa shape index (κ3) is 8.08. The summed E-state index contributed by atoms with van der Waals surface area (Å²) < 4.78 is 5.04. The number of rotatable bonds is 9. The summed E-state index contributed by atoms with van der Waals surface area (Å²) in [5, 5.41) is 24.5. The first-order valence-electron chi connectivity index (χ1n) is 8.02. The number of hydrogen-bond donors (Lipinski definition) is 2. The van der Waals surface area contributed by atoms with Gasteiger partial charge in [-0.25, -0.2) is 0 Å². The second kappa shape index (κ2) is 11.6. The zero-order valence-electron chi connectivity index (χ0n) is 14.9. The minimum absolute atomic E-state index is 0. The summed E-state index contributed by atoms with van der Waals surface area (Å²) in [4.78, 5) is 10.4. The van der Waals surface area contributed by atoms with E-state index in [9.17, 15) is 15.0 Å². The van der Waals surface area contributed by atoms with E-state index in [1.807, 2.05) is 31.2 Å². The first-order chi connectivity index (χ1) is 11.9. The molecule has 5 nitrogen and oxygen atoms in total. The maximum absolute atomic E-state index is 10.4. The summed E-state index contributed by atoms with van der Waals surface area (Å²) in [6, 6.07) is 14.6. The molecule has 0 heterocycles. The summed E-state index contributed by atoms with van der Waals surface area (Å²) >= 11 is 5.93. The van der Waals surface area contributed by atoms with Crippen LogP contribution in [0.5, 0.6) is 5.75 Å². The molecule has 2 aromatic rings. The Morgan fingerprint density at radius 1 is 1.27 bits per heavy atom. The number of ether oxygens (including phenoxy) is 1. The van der Waals surface area contributed by atoms with Gasteiger partial charge < -0.3 is 25.1 Å². The SMILES string of the molecule is CC(Cc1ccc(OCC(=O)[O-])cc1)NCC(O)c1cccc(Cl)c1.[Na+]. The van der Waals surface area contributed by atoms with Gasteiger partial charge in [0.15, 0.2) is 0 Å². The van der Waals surface area contributed by atoms with Crippen LogP contribution in [0, 0.1) is 0 Å². The fraction of sp³-hybridized carbons (Fsp3) is 0.316. The van der Waals surface area contributed by atoms with E-state index in [1.165, 1.54) is 0 Å². The van der Waals surface area contributed by atoms with Crippen molar-refractivity contribution >= 4 is 17.6 Å². The Morgan fingerprint density at radius 2 is 1.96 bits per heavy atom. The molecule has 0 saturated carbocycles. The standard InChI is InChI=1S/C19H22ClNO4.Na/c1-13(21-11-18(22)15-3-2-4-16(20)10-15)9-14-5-7-17(8-6-14)25-12-19(23)24;/h2-8,10,13,18,21-22H,9,11-12H2,1H3,(H,23,24);/q;+1/p-1. The molecule has 7 heteroatoms. The van der Waals surface area contributed by atoms with Crippen LogP contribution in [-0.4, -0.2) is 30.3 Å². The first-order valence-corrected chi connectivity index (χ1v) is 8.40. The van der Waals surface area contributed by atoms with Gasteiger partial charge in [0.05, 0.1) is 12.1 Å². The summed E-state index contributed by atoms with van der Waals surface area (Å²) in [7, 11) is 0. The summed E-state index contributed by atoms with van der Waals surface area (Å²) in [6.45, 7) is 2.00. The molecule has 0 spiro atoms. The van der Waals surface area contributed by atoms with Crippen LogP contribution in [0.15, 0.2) is 48.5 Å². The van der Waals surface area contributed by atoms with Crippen LogP contribution in [0.1, 0.15) is 24.2 Å². The number of aliphatic carboxylic acids is 1. The molecule has 26 heavy (non-hydrogen) atoms. The third-order valence-corrected chi connectivity index (χ3v) is 3.95. The van der Waals surface area contributed by atoms with Crippen LogP contribution in [0.4, 0.5) is 0 Å². The number of nitrogens with one attached hydrogen (secondary N) is 1. The average Bonchev–Trinajstić information content (AvgIpc) is 2.59. The molecule has 2 rings (SSSR count). The van der Waals surface area contributed by atoms with Gasteiger partial charge in [0.1, 0.15) is 12.4 Å². The largest absolute Gasteiger partial charge is 1.00 e. The van der Waals surface area contributed by atoms with Crippen LogP contribution >= 0.6 is 11.6 Å². The zero-order valence-corrected chi connectivity index (χ0v) is 17.7. The molecule has 0 bridgehead atoms. The van der Waals surface area contributed by atoms with Gasteiger partial charge in [-0.2, -0.15) is 0 Å². The first kappa shape index (κ1) is 23.0. The Morgan fingerprint density at radius 3 is 2.58 bits per heavy atom. The topological polar surface area (TPSA) is 81.6 Å². The number of aliphatic hydroxyl groups is 1. The van der Waals surface area contributed by atoms with Crippen molar-refractivity contribution < 1.29 is 49.3 Å². The van der Waals surface area contributed by atoms with E-state index in [0.717, 1.165) is 17.5 Å². The molecular formula is C19H21ClNNaO4. The molecule has 0 aliphatic rings. The number of hydrogen-bond acceptors (Lipinski definition) is 5. The smallest absolute Gasteiger partial charge is 0.546 e. The molecule has 0 aliphatic heterocycles. The van der Waals surface area contributed by atoms with Gasteiger partial charge in [-0.05, 0) is 48.7 Å². The van der Waals surface area contributed by atoms with E-state index in [1.54, 1.807) is 24.3 Å². The van der Waals surface area contributed by atoms with E-state index in [2.05, 4.69) is 5.32 Å². The Bertz CT molecular complexity index is 696. The monoisotopic (exact) mass is 385 g/mol. The van der Waals surface area contributed by atoms with Crippen molar-refractivity contribution in [3.8, 4) is 5.75 Å². The maximum Gasteiger partial charge on any atom is 1.00 e. The normalized spacial score (nSPS) is 12.7. The number of carbonyl (C=O) groups excluding carboxylic acids is 1. The molecule has 2 atom stereocenters. The minimum Gasteiger partial charge on any atom is -0.546 e. The van der Waals surface area contributed by atoms with Crippen LogP contribution in [0.2, 0.25) is 5.02 Å². The number of carboxylic acids is 1. The second-order valence-corrected chi connectivity index (χ2v) is 6.33. The van der Waals surface area contributed by atoms with Crippen molar-refractivity contribution in [3.63, 3.8) is 0 Å². The third-order valence-electron chi connectivity index (χ3n) is 3.72. The predicted octanol–water partition coefficient (Wildman–Crippen LogP) is -1.27. The Hall–Kier alpha value is -1.08. The quantitative estimate of drug-likeness (QED) is 0.526. The van der Waals surface area contributed by atoms with Gasteiger partial charge in [0.25, 0.3) is 0 Å². The number of halogens is 1. The summed E-state index contributed by atoms with van der Waals surface area (Å²) in [6.07, 6.45) is 0.143. The van der Waals surface area contributed by atoms with Gasteiger partial charge in [-0.15, -0.1) is 0 Å². The van der Waals surface area contributed by atoms with E-state index in [4.69, 9.17) is 16.3 Å². The van der Waals surface area contributed by atoms with Gasteiger partial charge in [-0.3, -0.25) is 0 Å². The van der Waals surface area contributed by atoms with Crippen molar-refractivity contribution in [2.75, 3.05) is 13.2 Å². The van der Waals surface area contributed by atoms with Crippen LogP contribution in [0.25, 0.3) is 0 Å². The molecule has 0 saturated heterocycles. The van der Waals surface area contributed by atoms with Gasteiger partial charge >= 0.3 is 29.6 Å². The Balaban J connectivity index is 0.00000338. The van der Waals surface area contributed by atoms with Crippen LogP contribution in [-0.2, 0) is 11.2 Å². The Kier molecular flexibility index (Phi) is 10.2. The summed E-state index contributed by atoms with van der Waals surface area (Å²) in [5.41, 5.74) is 1.86. The van der Waals surface area contributed by atoms with E-state index < -0.39 is 18.7 Å². The number of aliphatic hydroxyl groups excluding tert-OH is 1. The van der Waals surface area contributed by atoms with Gasteiger partial charge in [0.2, 0.25) is 0 Å². The van der Waals surface area contributed by atoms with Crippen molar-refractivity contribution in [3.05, 3.63) is 64.7 Å². The molecule has 0 fully saturated rings. The molecule has 0 aromatic heterocycles. The van der Waals surface area contributed by atoms with Gasteiger partial charge in [-0.1, -0.05) is 35.9 Å². The van der Waals surface area contributed by atoms with Gasteiger partial charge in [0, 0.05) is 17.6 Å². The fourth-order valence-electron chi connectivity index (χ4n) is 2.43. The van der Waals surface area contributed by atoms with Crippen molar-refractivity contribution in [2.24, 2.45) is 0 Å². The minimum atomic E-state index is -1.25. The molecular weight excluding hydrogens is 365 g/mol. The average molecular weight is 386 g/mol. The number of carboxylic acid groups (broad SMARTS) is 1. The maximum atomic E-state index is 10.4. The number of carbonyl (C=O) groups is 1. The Labute approximate surface area is 180 Å². The van der Waals surface area contributed by atoms with Crippen molar-refractivity contribution in [1.29, 1.82) is 0 Å². The van der Waals surface area contributed by atoms with Crippen LogP contribution in [0.3, 0.4) is 0 Å². The molecule has 134 valence electrons. The fourth-order valence-corrected chi connectivity index (χ4v) is 2.63. The molecule has 2 N–H and O–H groups in total.